The van der Waals surface area contributed by atoms with Gasteiger partial charge in [0.25, 0.3) is 5.91 Å². The fraction of sp³-hybridized carbons (Fsp3) is 0.278. The molecule has 110 valence electrons. The number of rotatable bonds is 5. The smallest absolute Gasteiger partial charge is 0.251 e. The van der Waals surface area contributed by atoms with Crippen molar-refractivity contribution in [2.24, 2.45) is 5.73 Å². The third-order valence-electron chi connectivity index (χ3n) is 3.62. The fourth-order valence-electron chi connectivity index (χ4n) is 2.32. The van der Waals surface area contributed by atoms with E-state index in [0.29, 0.717) is 12.1 Å². The van der Waals surface area contributed by atoms with Gasteiger partial charge >= 0.3 is 0 Å². The van der Waals surface area contributed by atoms with Crippen LogP contribution in [0.25, 0.3) is 0 Å². The second-order valence-electron chi connectivity index (χ2n) is 5.41. The third-order valence-corrected chi connectivity index (χ3v) is 3.62. The second-order valence-corrected chi connectivity index (χ2v) is 5.41. The van der Waals surface area contributed by atoms with E-state index in [1.165, 1.54) is 11.1 Å². The molecule has 0 aliphatic carbocycles. The summed E-state index contributed by atoms with van der Waals surface area (Å²) in [6.45, 7) is 4.61. The van der Waals surface area contributed by atoms with Crippen molar-refractivity contribution in [3.63, 3.8) is 0 Å². The number of nitrogens with two attached hydrogens (primary N) is 1. The molecule has 2 aromatic carbocycles. The van der Waals surface area contributed by atoms with Gasteiger partial charge in [0.1, 0.15) is 0 Å². The fourth-order valence-corrected chi connectivity index (χ4v) is 2.32. The Bertz CT molecular complexity index is 605. The van der Waals surface area contributed by atoms with Gasteiger partial charge in [-0.15, -0.1) is 0 Å². The lowest BCUT2D eigenvalue weighted by Crippen LogP contribution is -2.34. The standard InChI is InChI=1S/C18H22N2O/c1-13-5-3-4-6-17(13)11-14(2)20-18(21)16-9-7-15(12-19)8-10-16/h3-10,14H,11-12,19H2,1-2H3,(H,20,21). The first-order chi connectivity index (χ1) is 10.1. The summed E-state index contributed by atoms with van der Waals surface area (Å²) in [5, 5.41) is 3.04. The maximum absolute atomic E-state index is 12.2. The number of hydrogen-bond donors (Lipinski definition) is 2. The highest BCUT2D eigenvalue weighted by atomic mass is 16.1. The van der Waals surface area contributed by atoms with Crippen molar-refractivity contribution in [1.82, 2.24) is 5.32 Å². The minimum absolute atomic E-state index is 0.0420. The van der Waals surface area contributed by atoms with Crippen molar-refractivity contribution >= 4 is 5.91 Å². The highest BCUT2D eigenvalue weighted by molar-refractivity contribution is 5.94. The van der Waals surface area contributed by atoms with E-state index < -0.39 is 0 Å². The van der Waals surface area contributed by atoms with Gasteiger partial charge in [-0.25, -0.2) is 0 Å². The molecule has 3 N–H and O–H groups in total. The Labute approximate surface area is 126 Å². The second kappa shape index (κ2) is 7.04. The van der Waals surface area contributed by atoms with Crippen LogP contribution in [-0.4, -0.2) is 11.9 Å². The van der Waals surface area contributed by atoms with Crippen LogP contribution in [0.15, 0.2) is 48.5 Å². The summed E-state index contributed by atoms with van der Waals surface area (Å²) in [5.74, 6) is -0.0420. The largest absolute Gasteiger partial charge is 0.349 e. The zero-order chi connectivity index (χ0) is 15.2. The molecule has 0 spiro atoms. The van der Waals surface area contributed by atoms with Gasteiger partial charge < -0.3 is 11.1 Å². The monoisotopic (exact) mass is 282 g/mol. The lowest BCUT2D eigenvalue weighted by Gasteiger charge is -2.15. The summed E-state index contributed by atoms with van der Waals surface area (Å²) in [5.41, 5.74) is 9.78. The molecule has 0 heterocycles. The molecular formula is C18H22N2O. The van der Waals surface area contributed by atoms with Gasteiger partial charge in [0.2, 0.25) is 0 Å². The predicted molar refractivity (Wildman–Crippen MR) is 86.1 cm³/mol. The quantitative estimate of drug-likeness (QED) is 0.886. The van der Waals surface area contributed by atoms with Gasteiger partial charge in [0, 0.05) is 18.2 Å². The lowest BCUT2D eigenvalue weighted by molar-refractivity contribution is 0.0940. The lowest BCUT2D eigenvalue weighted by atomic mass is 10.0. The van der Waals surface area contributed by atoms with E-state index in [1.807, 2.05) is 43.3 Å². The number of benzene rings is 2. The summed E-state index contributed by atoms with van der Waals surface area (Å²) in [6, 6.07) is 15.8. The van der Waals surface area contributed by atoms with Crippen LogP contribution in [0.2, 0.25) is 0 Å². The molecule has 0 saturated carbocycles. The number of nitrogens with one attached hydrogen (secondary N) is 1. The van der Waals surface area contributed by atoms with E-state index in [1.54, 1.807) is 0 Å². The van der Waals surface area contributed by atoms with Gasteiger partial charge in [-0.2, -0.15) is 0 Å². The van der Waals surface area contributed by atoms with Gasteiger partial charge in [0.15, 0.2) is 0 Å². The molecule has 0 fully saturated rings. The topological polar surface area (TPSA) is 55.1 Å². The van der Waals surface area contributed by atoms with E-state index in [-0.39, 0.29) is 11.9 Å². The first-order valence-electron chi connectivity index (χ1n) is 7.24. The van der Waals surface area contributed by atoms with Crippen LogP contribution >= 0.6 is 0 Å². The van der Waals surface area contributed by atoms with Crippen molar-refractivity contribution in [2.75, 3.05) is 0 Å². The number of aryl methyl sites for hydroxylation is 1. The third kappa shape index (κ3) is 4.17. The normalized spacial score (nSPS) is 12.0. The van der Waals surface area contributed by atoms with Crippen LogP contribution < -0.4 is 11.1 Å². The van der Waals surface area contributed by atoms with E-state index in [0.717, 1.165) is 12.0 Å². The van der Waals surface area contributed by atoms with Crippen molar-refractivity contribution in [3.8, 4) is 0 Å². The Kier molecular flexibility index (Phi) is 5.12. The van der Waals surface area contributed by atoms with E-state index in [2.05, 4.69) is 24.4 Å². The van der Waals surface area contributed by atoms with Crippen LogP contribution in [0.1, 0.15) is 34.0 Å². The Morgan fingerprint density at radius 2 is 1.81 bits per heavy atom. The van der Waals surface area contributed by atoms with Gasteiger partial charge in [0.05, 0.1) is 0 Å². The molecule has 1 atom stereocenters. The number of hydrogen-bond acceptors (Lipinski definition) is 2. The summed E-state index contributed by atoms with van der Waals surface area (Å²) in [6.07, 6.45) is 0.833. The zero-order valence-electron chi connectivity index (χ0n) is 12.6. The molecule has 2 aromatic rings. The molecule has 1 amide bonds. The van der Waals surface area contributed by atoms with Crippen LogP contribution in [0.3, 0.4) is 0 Å². The van der Waals surface area contributed by atoms with Gasteiger partial charge in [-0.3, -0.25) is 4.79 Å². The number of carbonyl (C=O) groups is 1. The van der Waals surface area contributed by atoms with E-state index in [4.69, 9.17) is 5.73 Å². The van der Waals surface area contributed by atoms with Gasteiger partial charge in [-0.1, -0.05) is 36.4 Å². The van der Waals surface area contributed by atoms with E-state index in [9.17, 15) is 4.79 Å². The average Bonchev–Trinajstić information content (AvgIpc) is 2.49. The van der Waals surface area contributed by atoms with Crippen LogP contribution in [0.5, 0.6) is 0 Å². The minimum atomic E-state index is -0.0420. The summed E-state index contributed by atoms with van der Waals surface area (Å²) >= 11 is 0. The average molecular weight is 282 g/mol. The highest BCUT2D eigenvalue weighted by Crippen LogP contribution is 2.10. The Hall–Kier alpha value is -2.13. The Balaban J connectivity index is 1.97. The number of carbonyl (C=O) groups excluding carboxylic acids is 1. The summed E-state index contributed by atoms with van der Waals surface area (Å²) < 4.78 is 0. The van der Waals surface area contributed by atoms with Crippen molar-refractivity contribution in [2.45, 2.75) is 32.9 Å². The molecule has 0 saturated heterocycles. The maximum atomic E-state index is 12.2. The highest BCUT2D eigenvalue weighted by Gasteiger charge is 2.11. The number of amides is 1. The van der Waals surface area contributed by atoms with Crippen molar-refractivity contribution < 1.29 is 4.79 Å². The zero-order valence-corrected chi connectivity index (χ0v) is 12.6. The molecule has 0 aliphatic heterocycles. The minimum Gasteiger partial charge on any atom is -0.349 e. The molecule has 21 heavy (non-hydrogen) atoms. The molecule has 0 bridgehead atoms. The summed E-state index contributed by atoms with van der Waals surface area (Å²) in [7, 11) is 0. The molecule has 0 aromatic heterocycles. The molecule has 0 aliphatic rings. The Morgan fingerprint density at radius 1 is 1.14 bits per heavy atom. The van der Waals surface area contributed by atoms with Crippen molar-refractivity contribution in [1.29, 1.82) is 0 Å². The molecule has 1 unspecified atom stereocenters. The molecular weight excluding hydrogens is 260 g/mol. The van der Waals surface area contributed by atoms with Crippen LogP contribution in [0.4, 0.5) is 0 Å². The SMILES string of the molecule is Cc1ccccc1CC(C)NC(=O)c1ccc(CN)cc1. The first-order valence-corrected chi connectivity index (χ1v) is 7.24. The molecule has 2 rings (SSSR count). The predicted octanol–water partition coefficient (Wildman–Crippen LogP) is 2.81. The first kappa shape index (κ1) is 15.3. The van der Waals surface area contributed by atoms with Crippen LogP contribution in [-0.2, 0) is 13.0 Å². The molecule has 0 radical (unpaired) electrons. The van der Waals surface area contributed by atoms with Gasteiger partial charge in [-0.05, 0) is 49.1 Å². The summed E-state index contributed by atoms with van der Waals surface area (Å²) in [4.78, 5) is 12.2. The maximum Gasteiger partial charge on any atom is 0.251 e. The molecule has 3 heteroatoms. The molecule has 3 nitrogen and oxygen atoms in total. The van der Waals surface area contributed by atoms with E-state index >= 15 is 0 Å². The van der Waals surface area contributed by atoms with Crippen LogP contribution in [0, 0.1) is 6.92 Å². The Morgan fingerprint density at radius 3 is 2.43 bits per heavy atom. The van der Waals surface area contributed by atoms with Crippen molar-refractivity contribution in [3.05, 3.63) is 70.8 Å².